The second-order valence-corrected chi connectivity index (χ2v) is 8.30. The van der Waals surface area contributed by atoms with Crippen LogP contribution in [0.3, 0.4) is 0 Å². The number of amides is 1. The quantitative estimate of drug-likeness (QED) is 0.259. The Morgan fingerprint density at radius 1 is 0.722 bits per heavy atom. The molecule has 176 valence electrons. The van der Waals surface area contributed by atoms with Crippen molar-refractivity contribution in [2.24, 2.45) is 5.10 Å². The van der Waals surface area contributed by atoms with Gasteiger partial charge in [0.05, 0.1) is 11.3 Å². The molecule has 2 N–H and O–H groups in total. The number of aromatic amines is 1. The Hall–Kier alpha value is -4.97. The fraction of sp³-hybridized carbons (Fsp3) is 0.0333. The number of carbonyl (C=O) groups excluding carboxylic acids is 1. The van der Waals surface area contributed by atoms with Gasteiger partial charge in [-0.15, -0.1) is 0 Å². The van der Waals surface area contributed by atoms with E-state index in [-0.39, 0.29) is 11.5 Å². The van der Waals surface area contributed by atoms with Crippen LogP contribution in [0.5, 0.6) is 0 Å². The third-order valence-electron chi connectivity index (χ3n) is 5.89. The zero-order valence-corrected chi connectivity index (χ0v) is 19.7. The number of aryl methyl sites for hydroxylation is 1. The first kappa shape index (κ1) is 22.8. The van der Waals surface area contributed by atoms with E-state index in [1.165, 1.54) is 4.68 Å². The summed E-state index contributed by atoms with van der Waals surface area (Å²) < 4.78 is 1.48. The third kappa shape index (κ3) is 4.65. The predicted molar refractivity (Wildman–Crippen MR) is 143 cm³/mol. The second-order valence-electron chi connectivity index (χ2n) is 8.30. The highest BCUT2D eigenvalue weighted by atomic mass is 16.2. The van der Waals surface area contributed by atoms with Crippen molar-refractivity contribution in [2.45, 2.75) is 6.92 Å². The van der Waals surface area contributed by atoms with Crippen LogP contribution in [0.25, 0.3) is 16.8 Å². The van der Waals surface area contributed by atoms with E-state index in [4.69, 9.17) is 0 Å². The molecular weight excluding hydrogens is 448 g/mol. The first-order valence-corrected chi connectivity index (χ1v) is 11.6. The summed E-state index contributed by atoms with van der Waals surface area (Å²) in [5, 5.41) is 7.56. The lowest BCUT2D eigenvalue weighted by atomic mass is 10.0. The maximum atomic E-state index is 13.4. The number of hydrogen-bond acceptors (Lipinski definition) is 3. The minimum Gasteiger partial charge on any atom is -0.295 e. The third-order valence-corrected chi connectivity index (χ3v) is 5.89. The van der Waals surface area contributed by atoms with Crippen molar-refractivity contribution >= 4 is 11.6 Å². The molecule has 0 saturated carbocycles. The summed E-state index contributed by atoms with van der Waals surface area (Å²) >= 11 is 0. The van der Waals surface area contributed by atoms with E-state index >= 15 is 0 Å². The summed E-state index contributed by atoms with van der Waals surface area (Å²) in [4.78, 5) is 26.4. The summed E-state index contributed by atoms with van der Waals surface area (Å²) in [5.41, 5.74) is 7.82. The van der Waals surface area contributed by atoms with Gasteiger partial charge in [-0.3, -0.25) is 14.7 Å². The lowest BCUT2D eigenvalue weighted by Gasteiger charge is -2.07. The van der Waals surface area contributed by atoms with Crippen LogP contribution in [0.4, 0.5) is 0 Å². The summed E-state index contributed by atoms with van der Waals surface area (Å²) in [7, 11) is 0. The van der Waals surface area contributed by atoms with Gasteiger partial charge >= 0.3 is 0 Å². The highest BCUT2D eigenvalue weighted by Crippen LogP contribution is 2.19. The molecule has 6 nitrogen and oxygen atoms in total. The van der Waals surface area contributed by atoms with Gasteiger partial charge in [-0.2, -0.15) is 5.10 Å². The number of H-pyrrole nitrogens is 1. The molecule has 6 heteroatoms. The average molecular weight is 473 g/mol. The Morgan fingerprint density at radius 3 is 1.92 bits per heavy atom. The van der Waals surface area contributed by atoms with Gasteiger partial charge in [-0.05, 0) is 42.3 Å². The molecule has 0 atom stereocenters. The zero-order chi connectivity index (χ0) is 24.9. The maximum absolute atomic E-state index is 13.4. The van der Waals surface area contributed by atoms with E-state index in [9.17, 15) is 9.59 Å². The van der Waals surface area contributed by atoms with Crippen LogP contribution >= 0.6 is 0 Å². The van der Waals surface area contributed by atoms with E-state index in [1.54, 1.807) is 12.1 Å². The standard InChI is InChI=1S/C30H24N4O2/c1-21-27(30(36)34(33-21)26-15-9-4-10-16-26)28(24-13-7-3-8-14-24)31-32-29(35)25-19-17-23(18-20-25)22-11-5-2-6-12-22/h2-20,33H,1H3,(H,32,35)/b31-28-. The van der Waals surface area contributed by atoms with Crippen molar-refractivity contribution in [1.82, 2.24) is 15.2 Å². The molecule has 36 heavy (non-hydrogen) atoms. The van der Waals surface area contributed by atoms with Crippen molar-refractivity contribution in [3.63, 3.8) is 0 Å². The number of nitrogens with one attached hydrogen (secondary N) is 2. The van der Waals surface area contributed by atoms with Gasteiger partial charge in [0.2, 0.25) is 0 Å². The van der Waals surface area contributed by atoms with Crippen LogP contribution in [0, 0.1) is 6.92 Å². The Morgan fingerprint density at radius 2 is 1.28 bits per heavy atom. The van der Waals surface area contributed by atoms with Crippen molar-refractivity contribution < 1.29 is 4.79 Å². The van der Waals surface area contributed by atoms with Crippen LogP contribution in [0.2, 0.25) is 0 Å². The molecule has 1 heterocycles. The largest absolute Gasteiger partial charge is 0.295 e. The summed E-state index contributed by atoms with van der Waals surface area (Å²) in [6, 6.07) is 36.0. The minimum absolute atomic E-state index is 0.247. The van der Waals surface area contributed by atoms with E-state index in [0.717, 1.165) is 16.7 Å². The molecule has 0 aliphatic rings. The number of nitrogens with zero attached hydrogens (tertiary/aromatic N) is 2. The Balaban J connectivity index is 1.48. The Bertz CT molecular complexity index is 1570. The van der Waals surface area contributed by atoms with Crippen LogP contribution in [0.1, 0.15) is 27.2 Å². The molecule has 1 amide bonds. The topological polar surface area (TPSA) is 79.2 Å². The SMILES string of the molecule is Cc1[nH]n(-c2ccccc2)c(=O)c1/C(=N\NC(=O)c1ccc(-c2ccccc2)cc1)c1ccccc1. The highest BCUT2D eigenvalue weighted by molar-refractivity contribution is 6.14. The number of carbonyl (C=O) groups is 1. The lowest BCUT2D eigenvalue weighted by molar-refractivity contribution is 0.0955. The Kier molecular flexibility index (Phi) is 6.40. The molecule has 5 rings (SSSR count). The molecule has 1 aromatic heterocycles. The number of aromatic nitrogens is 2. The van der Waals surface area contributed by atoms with E-state index in [0.29, 0.717) is 28.2 Å². The molecular formula is C30H24N4O2. The molecule has 0 fully saturated rings. The van der Waals surface area contributed by atoms with E-state index < -0.39 is 0 Å². The lowest BCUT2D eigenvalue weighted by Crippen LogP contribution is -2.25. The number of hydrogen-bond donors (Lipinski definition) is 2. The van der Waals surface area contributed by atoms with Crippen molar-refractivity contribution in [3.05, 3.63) is 148 Å². The van der Waals surface area contributed by atoms with Crippen molar-refractivity contribution in [3.8, 4) is 16.8 Å². The smallest absolute Gasteiger partial charge is 0.281 e. The maximum Gasteiger partial charge on any atom is 0.281 e. The summed E-state index contributed by atoms with van der Waals surface area (Å²) in [6.45, 7) is 1.82. The van der Waals surface area contributed by atoms with Crippen LogP contribution in [-0.2, 0) is 0 Å². The average Bonchev–Trinajstić information content (AvgIpc) is 3.24. The zero-order valence-electron chi connectivity index (χ0n) is 19.7. The van der Waals surface area contributed by atoms with Gasteiger partial charge < -0.3 is 0 Å². The van der Waals surface area contributed by atoms with Gasteiger partial charge in [-0.1, -0.05) is 91.0 Å². The summed E-state index contributed by atoms with van der Waals surface area (Å²) in [5.74, 6) is -0.361. The predicted octanol–water partition coefficient (Wildman–Crippen LogP) is 5.32. The fourth-order valence-electron chi connectivity index (χ4n) is 4.06. The Labute approximate surface area is 208 Å². The molecule has 0 aliphatic heterocycles. The van der Waals surface area contributed by atoms with Gasteiger partial charge in [0.25, 0.3) is 11.5 Å². The normalized spacial score (nSPS) is 11.3. The molecule has 5 aromatic rings. The highest BCUT2D eigenvalue weighted by Gasteiger charge is 2.20. The number of benzene rings is 4. The van der Waals surface area contributed by atoms with Gasteiger partial charge in [0.1, 0.15) is 5.71 Å². The molecule has 4 aromatic carbocycles. The number of para-hydroxylation sites is 1. The first-order chi connectivity index (χ1) is 17.6. The molecule has 0 spiro atoms. The van der Waals surface area contributed by atoms with Crippen molar-refractivity contribution in [1.29, 1.82) is 0 Å². The summed E-state index contributed by atoms with van der Waals surface area (Å²) in [6.07, 6.45) is 0. The van der Waals surface area contributed by atoms with E-state index in [2.05, 4.69) is 15.6 Å². The molecule has 0 radical (unpaired) electrons. The van der Waals surface area contributed by atoms with Crippen LogP contribution < -0.4 is 11.0 Å². The molecule has 0 unspecified atom stereocenters. The molecule has 0 saturated heterocycles. The van der Waals surface area contributed by atoms with Gasteiger partial charge in [0.15, 0.2) is 0 Å². The van der Waals surface area contributed by atoms with Gasteiger partial charge in [0, 0.05) is 16.8 Å². The molecule has 0 bridgehead atoms. The minimum atomic E-state index is -0.361. The second kappa shape index (κ2) is 10.1. The first-order valence-electron chi connectivity index (χ1n) is 11.6. The number of rotatable bonds is 6. The fourth-order valence-corrected chi connectivity index (χ4v) is 4.06. The van der Waals surface area contributed by atoms with Crippen LogP contribution in [0.15, 0.2) is 125 Å². The molecule has 0 aliphatic carbocycles. The van der Waals surface area contributed by atoms with Crippen molar-refractivity contribution in [2.75, 3.05) is 0 Å². The van der Waals surface area contributed by atoms with Crippen LogP contribution in [-0.4, -0.2) is 21.4 Å². The monoisotopic (exact) mass is 472 g/mol. The number of hydrazone groups is 1. The van der Waals surface area contributed by atoms with E-state index in [1.807, 2.05) is 110 Å². The van der Waals surface area contributed by atoms with Gasteiger partial charge in [-0.25, -0.2) is 10.1 Å².